The second kappa shape index (κ2) is 7.37. The monoisotopic (exact) mass is 462 g/mol. The Morgan fingerprint density at radius 2 is 1.81 bits per heavy atom. The van der Waals surface area contributed by atoms with Crippen LogP contribution in [0.3, 0.4) is 0 Å². The van der Waals surface area contributed by atoms with Crippen molar-refractivity contribution in [1.29, 1.82) is 0 Å². The van der Waals surface area contributed by atoms with Crippen LogP contribution in [0.1, 0.15) is 47.2 Å². The number of carboxylic acids is 1. The van der Waals surface area contributed by atoms with E-state index in [0.717, 1.165) is 35.2 Å². The number of benzene rings is 1. The quantitative estimate of drug-likeness (QED) is 0.551. The van der Waals surface area contributed by atoms with Crippen molar-refractivity contribution in [3.05, 3.63) is 58.6 Å². The number of fused-ring (bicyclic) bond motifs is 1. The van der Waals surface area contributed by atoms with E-state index in [1.807, 2.05) is 22.2 Å². The number of halogens is 3. The first-order valence-electron chi connectivity index (χ1n) is 10.4. The van der Waals surface area contributed by atoms with Crippen molar-refractivity contribution in [2.24, 2.45) is 11.3 Å². The second-order valence-electron chi connectivity index (χ2n) is 9.02. The van der Waals surface area contributed by atoms with Crippen molar-refractivity contribution >= 4 is 33.4 Å². The molecule has 5 nitrogen and oxygen atoms in total. The fraction of sp³-hybridized carbons (Fsp3) is 0.391. The highest BCUT2D eigenvalue weighted by Gasteiger charge is 2.55. The number of thiophene rings is 1. The number of aromatic nitrogens is 1. The van der Waals surface area contributed by atoms with Gasteiger partial charge in [0, 0.05) is 24.2 Å². The minimum atomic E-state index is -4.37. The Kier molecular flexibility index (Phi) is 4.85. The molecule has 0 saturated heterocycles. The van der Waals surface area contributed by atoms with Crippen molar-refractivity contribution in [2.45, 2.75) is 44.4 Å². The molecule has 0 bridgehead atoms. The predicted octanol–water partition coefficient (Wildman–Crippen LogP) is 5.14. The molecule has 0 atom stereocenters. The van der Waals surface area contributed by atoms with E-state index in [2.05, 4.69) is 5.32 Å². The zero-order chi connectivity index (χ0) is 22.7. The molecule has 2 N–H and O–H groups in total. The fourth-order valence-corrected chi connectivity index (χ4v) is 6.09. The van der Waals surface area contributed by atoms with Crippen LogP contribution < -0.4 is 5.32 Å². The Labute approximate surface area is 185 Å². The van der Waals surface area contributed by atoms with E-state index >= 15 is 0 Å². The molecular formula is C23H21F3N2O3S. The summed E-state index contributed by atoms with van der Waals surface area (Å²) in [6, 6.07) is 7.00. The van der Waals surface area contributed by atoms with Crippen LogP contribution in [0.25, 0.3) is 10.2 Å². The number of carbonyl (C=O) groups is 2. The normalized spacial score (nSPS) is 24.8. The van der Waals surface area contributed by atoms with Crippen molar-refractivity contribution in [3.63, 3.8) is 0 Å². The molecule has 168 valence electrons. The summed E-state index contributed by atoms with van der Waals surface area (Å²) < 4.78 is 41.2. The molecule has 2 saturated carbocycles. The molecule has 0 radical (unpaired) electrons. The van der Waals surface area contributed by atoms with E-state index in [4.69, 9.17) is 5.11 Å². The Morgan fingerprint density at radius 1 is 1.12 bits per heavy atom. The molecule has 2 aliphatic rings. The lowest BCUT2D eigenvalue weighted by molar-refractivity contribution is -0.155. The molecule has 2 aromatic heterocycles. The number of carbonyl (C=O) groups excluding carboxylic acids is 1. The lowest BCUT2D eigenvalue weighted by atomic mass is 9.50. The maximum absolute atomic E-state index is 12.9. The Balaban J connectivity index is 1.26. The van der Waals surface area contributed by atoms with Gasteiger partial charge in [-0.2, -0.15) is 13.2 Å². The summed E-state index contributed by atoms with van der Waals surface area (Å²) in [6.45, 7) is 0.363. The third-order valence-corrected chi connectivity index (χ3v) is 7.70. The molecule has 32 heavy (non-hydrogen) atoms. The standard InChI is InChI=1S/C23H21F3N2O3S/c24-23(25,26)15-3-1-13(2-4-15)11-28-6-5-18-19(28)17(12-32-18)20(29)27-16-9-22(10-16)7-14(8-22)21(30)31/h1-6,12,14,16H,7-11H2,(H,27,29)(H,30,31). The fourth-order valence-electron chi connectivity index (χ4n) is 5.15. The lowest BCUT2D eigenvalue weighted by Crippen LogP contribution is -2.57. The highest BCUT2D eigenvalue weighted by atomic mass is 32.1. The number of amides is 1. The van der Waals surface area contributed by atoms with Gasteiger partial charge in [0.05, 0.1) is 27.3 Å². The molecule has 2 fully saturated rings. The van der Waals surface area contributed by atoms with Gasteiger partial charge in [0.2, 0.25) is 0 Å². The molecule has 5 rings (SSSR count). The Bertz CT molecular complexity index is 1180. The predicted molar refractivity (Wildman–Crippen MR) is 114 cm³/mol. The van der Waals surface area contributed by atoms with Crippen LogP contribution in [0.2, 0.25) is 0 Å². The van der Waals surface area contributed by atoms with Crippen LogP contribution in [0.15, 0.2) is 41.9 Å². The number of nitrogens with one attached hydrogen (secondary N) is 1. The van der Waals surface area contributed by atoms with Gasteiger partial charge in [-0.15, -0.1) is 11.3 Å². The Hall–Kier alpha value is -2.81. The molecular weight excluding hydrogens is 441 g/mol. The van der Waals surface area contributed by atoms with Crippen molar-refractivity contribution in [1.82, 2.24) is 9.88 Å². The smallest absolute Gasteiger partial charge is 0.416 e. The second-order valence-corrected chi connectivity index (χ2v) is 9.93. The van der Waals surface area contributed by atoms with Crippen molar-refractivity contribution in [2.75, 3.05) is 0 Å². The van der Waals surface area contributed by atoms with Gasteiger partial charge in [-0.3, -0.25) is 9.59 Å². The van der Waals surface area contributed by atoms with E-state index < -0.39 is 17.7 Å². The summed E-state index contributed by atoms with van der Waals surface area (Å²) in [7, 11) is 0. The van der Waals surface area contributed by atoms with Gasteiger partial charge in [0.1, 0.15) is 0 Å². The zero-order valence-corrected chi connectivity index (χ0v) is 17.8. The average Bonchev–Trinajstić information content (AvgIpc) is 3.25. The zero-order valence-electron chi connectivity index (χ0n) is 17.0. The van der Waals surface area contributed by atoms with E-state index in [0.29, 0.717) is 30.5 Å². The summed E-state index contributed by atoms with van der Waals surface area (Å²) in [5.41, 5.74) is 1.44. The molecule has 0 unspecified atom stereocenters. The van der Waals surface area contributed by atoms with E-state index in [-0.39, 0.29) is 23.3 Å². The highest BCUT2D eigenvalue weighted by Crippen LogP contribution is 2.58. The minimum Gasteiger partial charge on any atom is -0.481 e. The van der Waals surface area contributed by atoms with E-state index in [1.54, 1.807) is 0 Å². The molecule has 1 aromatic carbocycles. The van der Waals surface area contributed by atoms with Crippen molar-refractivity contribution in [3.8, 4) is 0 Å². The minimum absolute atomic E-state index is 0.0468. The van der Waals surface area contributed by atoms with Crippen LogP contribution in [0.5, 0.6) is 0 Å². The number of aliphatic carboxylic acids is 1. The first kappa shape index (κ1) is 21.1. The largest absolute Gasteiger partial charge is 0.481 e. The number of rotatable bonds is 5. The third-order valence-electron chi connectivity index (χ3n) is 6.77. The molecule has 2 aliphatic carbocycles. The number of hydrogen-bond donors (Lipinski definition) is 2. The summed E-state index contributed by atoms with van der Waals surface area (Å²) in [6.07, 6.45) is 0.464. The van der Waals surface area contributed by atoms with Crippen LogP contribution in [-0.4, -0.2) is 27.6 Å². The first-order valence-corrected chi connectivity index (χ1v) is 11.3. The van der Waals surface area contributed by atoms with Gasteiger partial charge in [0.15, 0.2) is 0 Å². The summed E-state index contributed by atoms with van der Waals surface area (Å²) in [5, 5.41) is 13.9. The molecule has 3 aromatic rings. The maximum atomic E-state index is 12.9. The molecule has 1 amide bonds. The topological polar surface area (TPSA) is 71.3 Å². The summed E-state index contributed by atoms with van der Waals surface area (Å²) >= 11 is 1.46. The number of carboxylic acid groups (broad SMARTS) is 1. The summed E-state index contributed by atoms with van der Waals surface area (Å²) in [5.74, 6) is -1.16. The molecule has 2 heterocycles. The van der Waals surface area contributed by atoms with Crippen LogP contribution in [0.4, 0.5) is 13.2 Å². The van der Waals surface area contributed by atoms with Gasteiger partial charge in [-0.1, -0.05) is 12.1 Å². The molecule has 9 heteroatoms. The highest BCUT2D eigenvalue weighted by molar-refractivity contribution is 7.17. The Morgan fingerprint density at radius 3 is 2.44 bits per heavy atom. The summed E-state index contributed by atoms with van der Waals surface area (Å²) in [4.78, 5) is 24.0. The van der Waals surface area contributed by atoms with E-state index in [9.17, 15) is 22.8 Å². The van der Waals surface area contributed by atoms with Gasteiger partial charge in [-0.25, -0.2) is 0 Å². The molecule has 0 aliphatic heterocycles. The van der Waals surface area contributed by atoms with Crippen molar-refractivity contribution < 1.29 is 27.9 Å². The van der Waals surface area contributed by atoms with Gasteiger partial charge in [0.25, 0.3) is 5.91 Å². The van der Waals surface area contributed by atoms with Gasteiger partial charge < -0.3 is 15.0 Å². The SMILES string of the molecule is O=C(NC1CC2(C1)CC(C(=O)O)C2)c1csc2ccn(Cc3ccc(C(F)(F)F)cc3)c12. The van der Waals surface area contributed by atoms with Crippen LogP contribution in [0, 0.1) is 11.3 Å². The lowest BCUT2D eigenvalue weighted by Gasteiger charge is -2.56. The third kappa shape index (κ3) is 3.68. The first-order chi connectivity index (χ1) is 15.1. The van der Waals surface area contributed by atoms with Crippen LogP contribution in [-0.2, 0) is 17.5 Å². The number of nitrogens with zero attached hydrogens (tertiary/aromatic N) is 1. The van der Waals surface area contributed by atoms with Gasteiger partial charge >= 0.3 is 12.1 Å². The van der Waals surface area contributed by atoms with Gasteiger partial charge in [-0.05, 0) is 54.9 Å². The number of alkyl halides is 3. The average molecular weight is 462 g/mol. The molecule has 1 spiro atoms. The van der Waals surface area contributed by atoms with E-state index in [1.165, 1.54) is 23.5 Å². The maximum Gasteiger partial charge on any atom is 0.416 e. The van der Waals surface area contributed by atoms with Crippen LogP contribution >= 0.6 is 11.3 Å². The number of hydrogen-bond acceptors (Lipinski definition) is 3.